The molecule has 4 nitrogen and oxygen atoms in total. The molecule has 1 aromatic carbocycles. The summed E-state index contributed by atoms with van der Waals surface area (Å²) >= 11 is 0. The highest BCUT2D eigenvalue weighted by Crippen LogP contribution is 2.06. The molecule has 0 unspecified atom stereocenters. The Bertz CT molecular complexity index is 393. The molecule has 0 spiro atoms. The number of hydrogen-bond acceptors (Lipinski definition) is 3. The summed E-state index contributed by atoms with van der Waals surface area (Å²) in [6, 6.07) is 8.17. The van der Waals surface area contributed by atoms with Crippen molar-refractivity contribution in [3.8, 4) is 0 Å². The highest BCUT2D eigenvalue weighted by Gasteiger charge is 2.06. The van der Waals surface area contributed by atoms with Crippen LogP contribution in [0, 0.1) is 0 Å². The lowest BCUT2D eigenvalue weighted by Gasteiger charge is -2.16. The van der Waals surface area contributed by atoms with E-state index in [1.54, 1.807) is 0 Å². The molecule has 19 heavy (non-hydrogen) atoms. The number of likely N-dealkylation sites (N-methyl/N-ethyl adjacent to an activating group) is 1. The second-order valence-electron chi connectivity index (χ2n) is 4.90. The van der Waals surface area contributed by atoms with E-state index in [1.807, 2.05) is 24.1 Å². The molecule has 0 aromatic heterocycles. The number of amides is 1. The molecular formula is C15H25N3O. The second-order valence-corrected chi connectivity index (χ2v) is 4.90. The summed E-state index contributed by atoms with van der Waals surface area (Å²) in [5.74, 6) is 0.0888. The SMILES string of the molecule is CCCCNC(=O)CN(C)Cc1cccc(CN)c1. The maximum Gasteiger partial charge on any atom is 0.234 e. The molecule has 0 atom stereocenters. The lowest BCUT2D eigenvalue weighted by Crippen LogP contribution is -2.35. The number of nitrogens with one attached hydrogen (secondary N) is 1. The molecule has 4 heteroatoms. The number of unbranched alkanes of at least 4 members (excludes halogenated alkanes) is 1. The molecule has 0 saturated carbocycles. The number of nitrogens with zero attached hydrogens (tertiary/aromatic N) is 1. The van der Waals surface area contributed by atoms with Crippen molar-refractivity contribution in [2.75, 3.05) is 20.1 Å². The molecule has 0 saturated heterocycles. The van der Waals surface area contributed by atoms with E-state index in [4.69, 9.17) is 5.73 Å². The van der Waals surface area contributed by atoms with Crippen molar-refractivity contribution in [1.29, 1.82) is 0 Å². The Hall–Kier alpha value is -1.39. The number of carbonyl (C=O) groups excluding carboxylic acids is 1. The van der Waals surface area contributed by atoms with Gasteiger partial charge in [-0.2, -0.15) is 0 Å². The number of hydrogen-bond donors (Lipinski definition) is 2. The minimum absolute atomic E-state index is 0.0888. The Labute approximate surface area is 116 Å². The Morgan fingerprint density at radius 3 is 2.79 bits per heavy atom. The van der Waals surface area contributed by atoms with Crippen molar-refractivity contribution >= 4 is 5.91 Å². The second kappa shape index (κ2) is 8.67. The highest BCUT2D eigenvalue weighted by molar-refractivity contribution is 5.77. The predicted molar refractivity (Wildman–Crippen MR) is 78.6 cm³/mol. The van der Waals surface area contributed by atoms with Gasteiger partial charge in [-0.05, 0) is 24.6 Å². The molecule has 1 rings (SSSR count). The Kier molecular flexibility index (Phi) is 7.15. The van der Waals surface area contributed by atoms with Crippen LogP contribution in [0.15, 0.2) is 24.3 Å². The smallest absolute Gasteiger partial charge is 0.234 e. The number of nitrogens with two attached hydrogens (primary N) is 1. The number of benzene rings is 1. The van der Waals surface area contributed by atoms with Gasteiger partial charge < -0.3 is 11.1 Å². The molecule has 0 fully saturated rings. The number of rotatable bonds is 8. The van der Waals surface area contributed by atoms with Crippen LogP contribution in [0.5, 0.6) is 0 Å². The van der Waals surface area contributed by atoms with Crippen LogP contribution in [0.25, 0.3) is 0 Å². The third kappa shape index (κ3) is 6.36. The topological polar surface area (TPSA) is 58.4 Å². The van der Waals surface area contributed by atoms with Gasteiger partial charge in [-0.3, -0.25) is 9.69 Å². The fourth-order valence-electron chi connectivity index (χ4n) is 1.93. The number of carbonyl (C=O) groups is 1. The minimum Gasteiger partial charge on any atom is -0.355 e. The van der Waals surface area contributed by atoms with Crippen molar-refractivity contribution < 1.29 is 4.79 Å². The first-order chi connectivity index (χ1) is 9.15. The fourth-order valence-corrected chi connectivity index (χ4v) is 1.93. The van der Waals surface area contributed by atoms with Crippen LogP contribution in [0.1, 0.15) is 30.9 Å². The van der Waals surface area contributed by atoms with Gasteiger partial charge in [0.1, 0.15) is 0 Å². The van der Waals surface area contributed by atoms with Crippen molar-refractivity contribution in [3.63, 3.8) is 0 Å². The Morgan fingerprint density at radius 1 is 1.37 bits per heavy atom. The van der Waals surface area contributed by atoms with Gasteiger partial charge in [0.25, 0.3) is 0 Å². The highest BCUT2D eigenvalue weighted by atomic mass is 16.2. The van der Waals surface area contributed by atoms with Crippen LogP contribution >= 0.6 is 0 Å². The van der Waals surface area contributed by atoms with Crippen molar-refractivity contribution in [2.45, 2.75) is 32.9 Å². The molecule has 0 radical (unpaired) electrons. The average Bonchev–Trinajstić information content (AvgIpc) is 2.39. The van der Waals surface area contributed by atoms with Gasteiger partial charge >= 0.3 is 0 Å². The summed E-state index contributed by atoms with van der Waals surface area (Å²) in [6.45, 7) is 4.62. The van der Waals surface area contributed by atoms with Crippen LogP contribution < -0.4 is 11.1 Å². The van der Waals surface area contributed by atoms with Gasteiger partial charge in [-0.25, -0.2) is 0 Å². The maximum absolute atomic E-state index is 11.7. The summed E-state index contributed by atoms with van der Waals surface area (Å²) in [6.07, 6.45) is 2.13. The van der Waals surface area contributed by atoms with E-state index in [1.165, 1.54) is 5.56 Å². The zero-order valence-electron chi connectivity index (χ0n) is 12.0. The summed E-state index contributed by atoms with van der Waals surface area (Å²) < 4.78 is 0. The van der Waals surface area contributed by atoms with Crippen LogP contribution in [0.3, 0.4) is 0 Å². The van der Waals surface area contributed by atoms with Crippen molar-refractivity contribution in [2.24, 2.45) is 5.73 Å². The van der Waals surface area contributed by atoms with Crippen LogP contribution in [-0.2, 0) is 17.9 Å². The molecule has 0 heterocycles. The first-order valence-corrected chi connectivity index (χ1v) is 6.88. The molecule has 106 valence electrons. The van der Waals surface area contributed by atoms with E-state index >= 15 is 0 Å². The van der Waals surface area contributed by atoms with Crippen LogP contribution in [0.4, 0.5) is 0 Å². The summed E-state index contributed by atoms with van der Waals surface area (Å²) in [5.41, 5.74) is 7.93. The average molecular weight is 263 g/mol. The summed E-state index contributed by atoms with van der Waals surface area (Å²) in [4.78, 5) is 13.7. The third-order valence-electron chi connectivity index (χ3n) is 2.95. The van der Waals surface area contributed by atoms with Gasteiger partial charge in [0.2, 0.25) is 5.91 Å². The predicted octanol–water partition coefficient (Wildman–Crippen LogP) is 1.49. The lowest BCUT2D eigenvalue weighted by atomic mass is 10.1. The minimum atomic E-state index is 0.0888. The summed E-state index contributed by atoms with van der Waals surface area (Å²) in [7, 11) is 1.95. The van der Waals surface area contributed by atoms with Gasteiger partial charge in [0.05, 0.1) is 6.54 Å². The quantitative estimate of drug-likeness (QED) is 0.699. The fraction of sp³-hybridized carbons (Fsp3) is 0.533. The van der Waals surface area contributed by atoms with Crippen molar-refractivity contribution in [1.82, 2.24) is 10.2 Å². The lowest BCUT2D eigenvalue weighted by molar-refractivity contribution is -0.122. The maximum atomic E-state index is 11.7. The van der Waals surface area contributed by atoms with Crippen LogP contribution in [0.2, 0.25) is 0 Å². The van der Waals surface area contributed by atoms with Crippen molar-refractivity contribution in [3.05, 3.63) is 35.4 Å². The van der Waals surface area contributed by atoms with E-state index in [-0.39, 0.29) is 5.91 Å². The molecule has 0 aliphatic carbocycles. The van der Waals surface area contributed by atoms with E-state index in [0.717, 1.165) is 31.5 Å². The van der Waals surface area contributed by atoms with Gasteiger partial charge in [-0.1, -0.05) is 37.6 Å². The molecule has 3 N–H and O–H groups in total. The zero-order chi connectivity index (χ0) is 14.1. The Morgan fingerprint density at radius 2 is 2.11 bits per heavy atom. The van der Waals surface area contributed by atoms with Gasteiger partial charge in [-0.15, -0.1) is 0 Å². The first-order valence-electron chi connectivity index (χ1n) is 6.88. The standard InChI is InChI=1S/C15H25N3O/c1-3-4-8-17-15(19)12-18(2)11-14-7-5-6-13(9-14)10-16/h5-7,9H,3-4,8,10-12,16H2,1-2H3,(H,17,19). The van der Waals surface area contributed by atoms with Gasteiger partial charge in [0.15, 0.2) is 0 Å². The monoisotopic (exact) mass is 263 g/mol. The zero-order valence-corrected chi connectivity index (χ0v) is 12.0. The molecule has 1 amide bonds. The molecule has 0 aliphatic rings. The molecule has 1 aromatic rings. The van der Waals surface area contributed by atoms with Crippen LogP contribution in [-0.4, -0.2) is 30.9 Å². The molecular weight excluding hydrogens is 238 g/mol. The molecule has 0 bridgehead atoms. The van der Waals surface area contributed by atoms with E-state index in [0.29, 0.717) is 13.1 Å². The Balaban J connectivity index is 2.37. The summed E-state index contributed by atoms with van der Waals surface area (Å²) in [5, 5.41) is 2.92. The van der Waals surface area contributed by atoms with E-state index < -0.39 is 0 Å². The van der Waals surface area contributed by atoms with E-state index in [2.05, 4.69) is 24.4 Å². The third-order valence-corrected chi connectivity index (χ3v) is 2.95. The largest absolute Gasteiger partial charge is 0.355 e. The normalized spacial score (nSPS) is 10.7. The molecule has 0 aliphatic heterocycles. The van der Waals surface area contributed by atoms with Gasteiger partial charge in [0, 0.05) is 19.6 Å². The van der Waals surface area contributed by atoms with E-state index in [9.17, 15) is 4.79 Å². The first kappa shape index (κ1) is 15.7.